The smallest absolute Gasteiger partial charge is 0.310 e. The van der Waals surface area contributed by atoms with Crippen molar-refractivity contribution in [3.63, 3.8) is 0 Å². The number of nitrogens with zero attached hydrogens (tertiary/aromatic N) is 1. The van der Waals surface area contributed by atoms with Crippen LogP contribution in [0.1, 0.15) is 86.5 Å². The maximum atomic E-state index is 13.9. The summed E-state index contributed by atoms with van der Waals surface area (Å²) >= 11 is 1.69. The molecule has 0 aromatic heterocycles. The van der Waals surface area contributed by atoms with E-state index in [-0.39, 0.29) is 35.1 Å². The van der Waals surface area contributed by atoms with E-state index in [1.54, 1.807) is 23.6 Å². The number of thioether (sulfide) groups is 1. The quantitative estimate of drug-likeness (QED) is 0.336. The largest absolute Gasteiger partial charge is 0.466 e. The molecule has 3 aliphatic rings. The number of esters is 1. The fourth-order valence-electron chi connectivity index (χ4n) is 6.72. The van der Waals surface area contributed by atoms with Crippen LogP contribution < -0.4 is 5.32 Å². The van der Waals surface area contributed by atoms with Gasteiger partial charge in [0, 0.05) is 23.9 Å². The number of fused-ring (bicyclic) bond motifs is 1. The van der Waals surface area contributed by atoms with Crippen LogP contribution in [0.4, 0.5) is 0 Å². The minimum atomic E-state index is -0.573. The van der Waals surface area contributed by atoms with Crippen molar-refractivity contribution in [2.45, 2.75) is 108 Å². The zero-order valence-electron chi connectivity index (χ0n) is 21.8. The Balaban J connectivity index is 1.88. The van der Waals surface area contributed by atoms with Crippen LogP contribution in [0, 0.1) is 17.3 Å². The third-order valence-corrected chi connectivity index (χ3v) is 9.30. The third-order valence-electron chi connectivity index (χ3n) is 7.35. The van der Waals surface area contributed by atoms with E-state index in [1.165, 1.54) is 0 Å². The van der Waals surface area contributed by atoms with Crippen molar-refractivity contribution in [3.8, 4) is 0 Å². The number of hydrogen-bond acceptors (Lipinski definition) is 6. The van der Waals surface area contributed by atoms with Gasteiger partial charge in [-0.25, -0.2) is 0 Å². The number of unbranched alkanes of at least 4 members (excludes halogenated alkanes) is 3. The van der Waals surface area contributed by atoms with E-state index in [4.69, 9.17) is 9.84 Å². The zero-order chi connectivity index (χ0) is 25.3. The fraction of sp³-hybridized carbons (Fsp3) is 0.885. The van der Waals surface area contributed by atoms with Gasteiger partial charge in [0.2, 0.25) is 11.8 Å². The van der Waals surface area contributed by atoms with Crippen LogP contribution in [0.15, 0.2) is 0 Å². The highest BCUT2D eigenvalue weighted by atomic mass is 32.2. The summed E-state index contributed by atoms with van der Waals surface area (Å²) < 4.78 is 4.81. The minimum absolute atomic E-state index is 0.0394. The van der Waals surface area contributed by atoms with Gasteiger partial charge in [-0.2, -0.15) is 0 Å². The Labute approximate surface area is 209 Å². The molecule has 3 rings (SSSR count). The lowest BCUT2D eigenvalue weighted by Crippen LogP contribution is -2.58. The van der Waals surface area contributed by atoms with E-state index in [0.29, 0.717) is 13.2 Å². The molecule has 34 heavy (non-hydrogen) atoms. The molecule has 0 saturated carbocycles. The van der Waals surface area contributed by atoms with Gasteiger partial charge in [0.15, 0.2) is 0 Å². The Bertz CT molecular complexity index is 780. The molecule has 5 atom stereocenters. The molecule has 3 heterocycles. The average Bonchev–Trinajstić information content (AvgIpc) is 3.33. The first kappa shape index (κ1) is 27.3. The topological polar surface area (TPSA) is 95.9 Å². The number of rotatable bonds is 11. The van der Waals surface area contributed by atoms with Crippen LogP contribution >= 0.6 is 11.8 Å². The van der Waals surface area contributed by atoms with Crippen LogP contribution in [0.2, 0.25) is 0 Å². The first-order valence-electron chi connectivity index (χ1n) is 12.9. The Kier molecular flexibility index (Phi) is 8.33. The lowest BCUT2D eigenvalue weighted by atomic mass is 9.71. The molecule has 194 valence electrons. The van der Waals surface area contributed by atoms with Crippen LogP contribution in [0.3, 0.4) is 0 Å². The summed E-state index contributed by atoms with van der Waals surface area (Å²) in [6, 6.07) is -0.573. The second kappa shape index (κ2) is 10.4. The first-order chi connectivity index (χ1) is 15.9. The second-order valence-electron chi connectivity index (χ2n) is 12.1. The second-order valence-corrected chi connectivity index (χ2v) is 13.7. The highest BCUT2D eigenvalue weighted by molar-refractivity contribution is 8.02. The summed E-state index contributed by atoms with van der Waals surface area (Å²) in [4.78, 5) is 42.4. The molecule has 3 saturated heterocycles. The summed E-state index contributed by atoms with van der Waals surface area (Å²) in [5, 5.41) is 12.4. The lowest BCUT2D eigenvalue weighted by molar-refractivity contribution is -0.153. The van der Waals surface area contributed by atoms with Crippen molar-refractivity contribution in [2.24, 2.45) is 17.3 Å². The summed E-state index contributed by atoms with van der Waals surface area (Å²) in [6.45, 7) is 13.3. The van der Waals surface area contributed by atoms with Crippen LogP contribution in [-0.2, 0) is 19.1 Å². The van der Waals surface area contributed by atoms with Gasteiger partial charge in [0.1, 0.15) is 6.04 Å². The van der Waals surface area contributed by atoms with E-state index in [1.807, 2.05) is 13.8 Å². The molecule has 0 aromatic rings. The molecular formula is C26H44N2O5S. The molecule has 3 fully saturated rings. The van der Waals surface area contributed by atoms with Gasteiger partial charge in [0.25, 0.3) is 0 Å². The van der Waals surface area contributed by atoms with Gasteiger partial charge in [-0.3, -0.25) is 14.4 Å². The van der Waals surface area contributed by atoms with E-state index in [9.17, 15) is 14.4 Å². The van der Waals surface area contributed by atoms with E-state index in [0.717, 1.165) is 44.9 Å². The van der Waals surface area contributed by atoms with Crippen LogP contribution in [-0.4, -0.2) is 69.1 Å². The van der Waals surface area contributed by atoms with E-state index >= 15 is 0 Å². The van der Waals surface area contributed by atoms with E-state index < -0.39 is 28.2 Å². The monoisotopic (exact) mass is 496 g/mol. The number of aliphatic hydroxyl groups excluding tert-OH is 1. The lowest BCUT2D eigenvalue weighted by Gasteiger charge is -2.38. The van der Waals surface area contributed by atoms with Crippen molar-refractivity contribution >= 4 is 29.5 Å². The normalized spacial score (nSPS) is 30.6. The fourth-order valence-corrected chi connectivity index (χ4v) is 8.93. The van der Waals surface area contributed by atoms with Crippen molar-refractivity contribution < 1.29 is 24.2 Å². The van der Waals surface area contributed by atoms with Crippen molar-refractivity contribution in [1.82, 2.24) is 10.2 Å². The van der Waals surface area contributed by atoms with Crippen LogP contribution in [0.25, 0.3) is 0 Å². The Morgan fingerprint density at radius 2 is 1.85 bits per heavy atom. The van der Waals surface area contributed by atoms with Gasteiger partial charge >= 0.3 is 5.97 Å². The summed E-state index contributed by atoms with van der Waals surface area (Å²) in [6.07, 6.45) is 5.72. The maximum Gasteiger partial charge on any atom is 0.310 e. The molecule has 2 N–H and O–H groups in total. The molecule has 2 bridgehead atoms. The highest BCUT2D eigenvalue weighted by Crippen LogP contribution is 2.66. The molecule has 8 heteroatoms. The summed E-state index contributed by atoms with van der Waals surface area (Å²) in [5.74, 6) is -1.42. The Morgan fingerprint density at radius 1 is 1.18 bits per heavy atom. The number of nitrogens with one attached hydrogen (secondary N) is 1. The molecule has 0 radical (unpaired) electrons. The molecule has 7 nitrogen and oxygen atoms in total. The SMILES string of the molecule is CCOC(=O)[C@@H]1[C@@H]2CCC3(S2)C(C(=O)NC(C)(C)CC(C)(C)C)N(CCCCCCO)C(=O)[C@H]13. The van der Waals surface area contributed by atoms with Gasteiger partial charge in [-0.05, 0) is 58.3 Å². The number of carbonyl (C=O) groups excluding carboxylic acids is 3. The highest BCUT2D eigenvalue weighted by Gasteiger charge is 2.73. The number of aliphatic hydroxyl groups is 1. The first-order valence-corrected chi connectivity index (χ1v) is 13.8. The summed E-state index contributed by atoms with van der Waals surface area (Å²) in [5.41, 5.74) is -0.368. The maximum absolute atomic E-state index is 13.9. The summed E-state index contributed by atoms with van der Waals surface area (Å²) in [7, 11) is 0. The molecule has 0 aliphatic carbocycles. The average molecular weight is 497 g/mol. The van der Waals surface area contributed by atoms with E-state index in [2.05, 4.69) is 26.1 Å². The predicted molar refractivity (Wildman–Crippen MR) is 134 cm³/mol. The number of amides is 2. The number of carbonyl (C=O) groups is 3. The molecule has 3 aliphatic heterocycles. The molecule has 0 aromatic carbocycles. The standard InChI is InChI=1S/C26H44N2O5S/c1-7-33-23(32)18-17-12-13-26(34-17)19(18)22(31)28(14-10-8-9-11-15-29)20(26)21(30)27-25(5,6)16-24(2,3)4/h17-20,29H,7-16H2,1-6H3,(H,27,30)/t17-,18+,19-,20?,26?/m0/s1. The van der Waals surface area contributed by atoms with Crippen molar-refractivity contribution in [3.05, 3.63) is 0 Å². The van der Waals surface area contributed by atoms with Crippen molar-refractivity contribution in [1.29, 1.82) is 0 Å². The number of likely N-dealkylation sites (tertiary alicyclic amines) is 1. The molecule has 1 spiro atoms. The zero-order valence-corrected chi connectivity index (χ0v) is 22.6. The number of ether oxygens (including phenoxy) is 1. The van der Waals surface area contributed by atoms with Gasteiger partial charge < -0.3 is 20.1 Å². The number of hydrogen-bond donors (Lipinski definition) is 2. The predicted octanol–water partition coefficient (Wildman–Crippen LogP) is 3.52. The molecular weight excluding hydrogens is 452 g/mol. The van der Waals surface area contributed by atoms with Crippen molar-refractivity contribution in [2.75, 3.05) is 19.8 Å². The van der Waals surface area contributed by atoms with Gasteiger partial charge in [0.05, 0.1) is 23.2 Å². The minimum Gasteiger partial charge on any atom is -0.466 e. The Morgan fingerprint density at radius 3 is 2.47 bits per heavy atom. The third kappa shape index (κ3) is 5.43. The molecule has 2 unspecified atom stereocenters. The van der Waals surface area contributed by atoms with Gasteiger partial charge in [-0.1, -0.05) is 33.6 Å². The van der Waals surface area contributed by atoms with Gasteiger partial charge in [-0.15, -0.1) is 11.8 Å². The van der Waals surface area contributed by atoms with Crippen LogP contribution in [0.5, 0.6) is 0 Å². The molecule has 2 amide bonds. The Hall–Kier alpha value is -1.28.